The number of aromatic amines is 4. The highest BCUT2D eigenvalue weighted by molar-refractivity contribution is 7.89. The van der Waals surface area contributed by atoms with Gasteiger partial charge in [0.25, 0.3) is 23.6 Å². The van der Waals surface area contributed by atoms with Crippen LogP contribution >= 0.6 is 0 Å². The first kappa shape index (κ1) is 96.1. The number of likely N-dealkylation sites (tertiary alicyclic amines) is 4. The lowest BCUT2D eigenvalue weighted by molar-refractivity contribution is -0.139. The van der Waals surface area contributed by atoms with Crippen LogP contribution in [0.1, 0.15) is 268 Å². The molecule has 16 rings (SSSR count). The monoisotopic (exact) mass is 1830 g/mol. The zero-order valence-corrected chi connectivity index (χ0v) is 74.5. The molecule has 0 spiro atoms. The van der Waals surface area contributed by atoms with Crippen molar-refractivity contribution in [2.24, 2.45) is 17.8 Å². The molecule has 0 atom stereocenters. The molecule has 4 fully saturated rings. The van der Waals surface area contributed by atoms with Crippen LogP contribution in [0.15, 0.2) is 97.1 Å². The number of amides is 6. The van der Waals surface area contributed by atoms with Crippen LogP contribution in [0, 0.1) is 17.8 Å². The molecule has 4 saturated heterocycles. The second kappa shape index (κ2) is 40.1. The van der Waals surface area contributed by atoms with Gasteiger partial charge >= 0.3 is 24.7 Å². The Kier molecular flexibility index (Phi) is 29.9. The fraction of sp³-hybridized carbons (Fsp3) is 0.543. The first-order valence-corrected chi connectivity index (χ1v) is 45.9. The van der Waals surface area contributed by atoms with Crippen molar-refractivity contribution in [1.29, 1.82) is 0 Å². The van der Waals surface area contributed by atoms with Crippen LogP contribution in [0.25, 0.3) is 0 Å². The zero-order chi connectivity index (χ0) is 92.9. The summed E-state index contributed by atoms with van der Waals surface area (Å²) in [5, 5.41) is 28.2. The quantitative estimate of drug-likeness (QED) is 0.0696. The lowest BCUT2D eigenvalue weighted by Gasteiger charge is -2.33. The Morgan fingerprint density at radius 2 is 0.636 bits per heavy atom. The molecular formula is C92H112F12N16O8S. The number of benzene rings is 4. The Hall–Kier alpha value is -10.4. The van der Waals surface area contributed by atoms with E-state index in [0.717, 1.165) is 83.2 Å². The van der Waals surface area contributed by atoms with Crippen LogP contribution < -0.4 is 0 Å². The summed E-state index contributed by atoms with van der Waals surface area (Å²) in [5.41, 5.74) is 6.72. The highest BCUT2D eigenvalue weighted by atomic mass is 32.2. The van der Waals surface area contributed by atoms with Crippen LogP contribution in [0.5, 0.6) is 0 Å². The summed E-state index contributed by atoms with van der Waals surface area (Å²) in [6, 6.07) is 22.8. The predicted molar refractivity (Wildman–Crippen MR) is 456 cm³/mol. The van der Waals surface area contributed by atoms with Gasteiger partial charge in [0.1, 0.15) is 0 Å². The largest absolute Gasteiger partial charge is 0.416 e. The molecule has 8 aliphatic rings. The molecule has 129 heavy (non-hydrogen) atoms. The van der Waals surface area contributed by atoms with Crippen molar-refractivity contribution in [1.82, 2.24) is 79.4 Å². The average molecular weight is 1830 g/mol. The number of alkyl halides is 12. The number of carbonyl (C=O) groups is 6. The van der Waals surface area contributed by atoms with E-state index in [9.17, 15) is 89.9 Å². The molecule has 37 heteroatoms. The normalized spacial score (nSPS) is 18.0. The number of H-pyrrole nitrogens is 4. The molecule has 0 unspecified atom stereocenters. The number of sulfonamides is 1. The van der Waals surface area contributed by atoms with Gasteiger partial charge in [-0.15, -0.1) is 0 Å². The van der Waals surface area contributed by atoms with Crippen LogP contribution in [0.3, 0.4) is 0 Å². The van der Waals surface area contributed by atoms with Crippen molar-refractivity contribution in [3.05, 3.63) is 209 Å². The van der Waals surface area contributed by atoms with Crippen molar-refractivity contribution < 1.29 is 89.9 Å². The maximum Gasteiger partial charge on any atom is 0.416 e. The second-order valence-electron chi connectivity index (χ2n) is 36.1. The Balaban J connectivity index is 0.000000147. The number of piperidine rings is 4. The molecule has 6 amide bonds. The van der Waals surface area contributed by atoms with E-state index >= 15 is 0 Å². The molecule has 0 saturated carbocycles. The Morgan fingerprint density at radius 3 is 0.930 bits per heavy atom. The minimum atomic E-state index is -4.42. The van der Waals surface area contributed by atoms with Gasteiger partial charge in [-0.25, -0.2) is 8.42 Å². The van der Waals surface area contributed by atoms with E-state index in [4.69, 9.17) is 0 Å². The molecule has 4 aromatic carbocycles. The Labute approximate surface area is 742 Å². The van der Waals surface area contributed by atoms with E-state index in [1.165, 1.54) is 46.8 Å². The molecule has 698 valence electrons. The number of rotatable bonds is 15. The van der Waals surface area contributed by atoms with Crippen LogP contribution in [0.4, 0.5) is 52.7 Å². The number of halogens is 12. The standard InChI is InChI=1S/C24H29F3N4O2.C23H27F3N4O2.C23H29F3N4O.C22H27F3N4O3S/c1-15(2)13-21(32)31-12-9-20-18(14-31)22(29-28-20)23(33)30-10-7-16(8-11-30)17-5-3-4-6-19(17)24(25,26)27;1-14(2)21(31)30-12-9-19-17(13-30)20(28-27-19)22(32)29-10-7-15(8-11-29)16-5-3-4-6-18(16)23(24,25)26;1-15(2)13-29-10-9-20-18(14-29)21(28-27-20)22(31)30-11-7-16(8-12-30)17-5-3-4-6-19(17)23(24,25)26;1-14(2)33(31,32)29-12-9-19-17(13-29)20(27-26-19)21(30)28-10-7-15(8-11-28)16-5-3-4-6-18(16)22(23,24)25/h3-6,15-16H,7-14H2,1-2H3,(H,28,29);3-6,14-15H,7-13H2,1-2H3,(H,27,28);3-6,15-16H,7-14H2,1-2H3,(H,27,28);3-6,14-15H,7-13H2,1-2H3,(H,26,27). The van der Waals surface area contributed by atoms with Gasteiger partial charge in [-0.2, -0.15) is 77.4 Å². The van der Waals surface area contributed by atoms with E-state index in [0.29, 0.717) is 214 Å². The number of fused-ring (bicyclic) bond motifs is 4. The molecule has 0 radical (unpaired) electrons. The summed E-state index contributed by atoms with van der Waals surface area (Å²) in [5.74, 6) is -1.09. The number of hydrogen-bond acceptors (Lipinski definition) is 13. The number of hydrogen-bond donors (Lipinski definition) is 4. The highest BCUT2D eigenvalue weighted by Crippen LogP contribution is 2.45. The van der Waals surface area contributed by atoms with Crippen LogP contribution in [-0.2, 0) is 96.2 Å². The molecule has 4 N–H and O–H groups in total. The minimum Gasteiger partial charge on any atom is -0.338 e. The maximum absolute atomic E-state index is 13.4. The van der Waals surface area contributed by atoms with Gasteiger partial charge in [0.05, 0.1) is 27.5 Å². The number of nitrogens with one attached hydrogen (secondary N) is 4. The van der Waals surface area contributed by atoms with Crippen LogP contribution in [-0.4, -0.2) is 214 Å². The predicted octanol–water partition coefficient (Wildman–Crippen LogP) is 16.4. The third kappa shape index (κ3) is 22.3. The van der Waals surface area contributed by atoms with E-state index in [1.54, 1.807) is 73.6 Å². The van der Waals surface area contributed by atoms with Gasteiger partial charge in [-0.3, -0.25) is 54.1 Å². The fourth-order valence-corrected chi connectivity index (χ4v) is 20.2. The third-order valence-electron chi connectivity index (χ3n) is 25.9. The van der Waals surface area contributed by atoms with E-state index in [1.807, 2.05) is 27.7 Å². The van der Waals surface area contributed by atoms with Crippen LogP contribution in [0.2, 0.25) is 0 Å². The first-order chi connectivity index (χ1) is 61.0. The van der Waals surface area contributed by atoms with Gasteiger partial charge in [-0.1, -0.05) is 114 Å². The van der Waals surface area contributed by atoms with Gasteiger partial charge in [-0.05, 0) is 147 Å². The maximum atomic E-state index is 13.4. The van der Waals surface area contributed by atoms with E-state index in [-0.39, 0.29) is 88.8 Å². The summed E-state index contributed by atoms with van der Waals surface area (Å²) in [6.07, 6.45) is -10.9. The SMILES string of the molecule is CC(C)C(=O)N1CCc2[nH]nc(C(=O)N3CCC(c4ccccc4C(F)(F)F)CC3)c2C1.CC(C)CC(=O)N1CCc2[nH]nc(C(=O)N3CCC(c4ccccc4C(F)(F)F)CC3)c2C1.CC(C)CN1CCc2[nH]nc(C(=O)N3CCC(c4ccccc4C(F)(F)F)CC3)c2C1.CC(C)S(=O)(=O)N1CCc2[nH]nc(C(=O)N3CCC(c4ccccc4C(F)(F)F)CC3)c2C1. The second-order valence-corrected chi connectivity index (χ2v) is 38.6. The highest BCUT2D eigenvalue weighted by Gasteiger charge is 2.44. The average Bonchev–Trinajstić information content (AvgIpc) is 1.59. The summed E-state index contributed by atoms with van der Waals surface area (Å²) in [6.45, 7) is 23.2. The topological polar surface area (TPSA) is 277 Å². The van der Waals surface area contributed by atoms with E-state index in [2.05, 4.69) is 59.5 Å². The van der Waals surface area contributed by atoms with Crippen molar-refractivity contribution in [3.8, 4) is 0 Å². The molecule has 8 aromatic rings. The van der Waals surface area contributed by atoms with Crippen molar-refractivity contribution in [2.75, 3.05) is 85.1 Å². The molecule has 0 aliphatic carbocycles. The molecule has 4 aromatic heterocycles. The molecule has 8 aliphatic heterocycles. The first-order valence-electron chi connectivity index (χ1n) is 44.4. The Morgan fingerprint density at radius 1 is 0.357 bits per heavy atom. The Bertz CT molecular complexity index is 5410. The number of nitrogens with zero attached hydrogens (tertiary/aromatic N) is 12. The summed E-state index contributed by atoms with van der Waals surface area (Å²) in [4.78, 5) is 90.2. The smallest absolute Gasteiger partial charge is 0.338 e. The number of aromatic nitrogens is 8. The lowest BCUT2D eigenvalue weighted by Crippen LogP contribution is -2.41. The third-order valence-corrected chi connectivity index (χ3v) is 28.1. The van der Waals surface area contributed by atoms with Crippen molar-refractivity contribution in [3.63, 3.8) is 0 Å². The van der Waals surface area contributed by atoms with Gasteiger partial charge < -0.3 is 29.4 Å². The molecule has 0 bridgehead atoms. The van der Waals surface area contributed by atoms with Gasteiger partial charge in [0, 0.05) is 194 Å². The minimum absolute atomic E-state index is 0.0411. The van der Waals surface area contributed by atoms with Crippen molar-refractivity contribution in [2.45, 2.75) is 219 Å². The van der Waals surface area contributed by atoms with Crippen molar-refractivity contribution >= 4 is 45.5 Å². The molecular weight excluding hydrogens is 1720 g/mol. The fourth-order valence-electron chi connectivity index (χ4n) is 19.0. The van der Waals surface area contributed by atoms with Gasteiger partial charge in [0.15, 0.2) is 22.8 Å². The number of carbonyl (C=O) groups excluding carboxylic acids is 6. The van der Waals surface area contributed by atoms with Gasteiger partial charge in [0.2, 0.25) is 21.8 Å². The zero-order valence-electron chi connectivity index (χ0n) is 73.6. The summed E-state index contributed by atoms with van der Waals surface area (Å²) >= 11 is 0. The summed E-state index contributed by atoms with van der Waals surface area (Å²) < 4.78 is 187. The lowest BCUT2D eigenvalue weighted by atomic mass is 9.86. The molecule has 24 nitrogen and oxygen atoms in total. The summed E-state index contributed by atoms with van der Waals surface area (Å²) in [7, 11) is -3.47. The molecule has 12 heterocycles. The van der Waals surface area contributed by atoms with E-state index < -0.39 is 62.2 Å².